The lowest BCUT2D eigenvalue weighted by Gasteiger charge is -2.15. The summed E-state index contributed by atoms with van der Waals surface area (Å²) >= 11 is 0. The van der Waals surface area contributed by atoms with E-state index in [-0.39, 0.29) is 6.61 Å². The van der Waals surface area contributed by atoms with Gasteiger partial charge in [-0.3, -0.25) is 0 Å². The lowest BCUT2D eigenvalue weighted by atomic mass is 10.1. The molecule has 108 valence electrons. The molecule has 4 rings (SSSR count). The highest BCUT2D eigenvalue weighted by Crippen LogP contribution is 2.22. The van der Waals surface area contributed by atoms with Gasteiger partial charge in [-0.1, -0.05) is 12.1 Å². The maximum atomic E-state index is 9.42. The van der Waals surface area contributed by atoms with E-state index in [1.54, 1.807) is 0 Å². The maximum absolute atomic E-state index is 9.42. The van der Waals surface area contributed by atoms with E-state index in [0.29, 0.717) is 0 Å². The van der Waals surface area contributed by atoms with Crippen LogP contribution < -0.4 is 0 Å². The molecular formula is C16H18N4O. The maximum Gasteiger partial charge on any atom is 0.153 e. The van der Waals surface area contributed by atoms with E-state index in [2.05, 4.69) is 37.7 Å². The molecule has 0 fully saturated rings. The lowest BCUT2D eigenvalue weighted by Crippen LogP contribution is -2.14. The minimum absolute atomic E-state index is 0.0711. The van der Waals surface area contributed by atoms with Crippen LogP contribution >= 0.6 is 0 Å². The van der Waals surface area contributed by atoms with Gasteiger partial charge in [-0.05, 0) is 30.5 Å². The van der Waals surface area contributed by atoms with Gasteiger partial charge in [0.2, 0.25) is 0 Å². The fourth-order valence-corrected chi connectivity index (χ4v) is 3.20. The molecular weight excluding hydrogens is 264 g/mol. The van der Waals surface area contributed by atoms with E-state index < -0.39 is 0 Å². The second-order valence-electron chi connectivity index (χ2n) is 5.59. The summed E-state index contributed by atoms with van der Waals surface area (Å²) in [5, 5.41) is 19.2. The summed E-state index contributed by atoms with van der Waals surface area (Å²) in [7, 11) is 0. The van der Waals surface area contributed by atoms with Gasteiger partial charge in [-0.25, -0.2) is 0 Å². The molecule has 0 aliphatic carbocycles. The molecule has 1 aromatic carbocycles. The summed E-state index contributed by atoms with van der Waals surface area (Å²) in [6, 6.07) is 8.10. The van der Waals surface area contributed by atoms with Crippen LogP contribution in [0.25, 0.3) is 10.9 Å². The highest BCUT2D eigenvalue weighted by molar-refractivity contribution is 5.83. The normalized spacial score (nSPS) is 14.5. The summed E-state index contributed by atoms with van der Waals surface area (Å²) in [6.07, 6.45) is 5.52. The Labute approximate surface area is 122 Å². The van der Waals surface area contributed by atoms with Gasteiger partial charge in [0.05, 0.1) is 13.2 Å². The molecule has 0 saturated carbocycles. The van der Waals surface area contributed by atoms with Gasteiger partial charge in [0.15, 0.2) is 5.82 Å². The van der Waals surface area contributed by atoms with Crippen LogP contribution in [0.3, 0.4) is 0 Å². The molecule has 1 N–H and O–H groups in total. The first kappa shape index (κ1) is 12.6. The van der Waals surface area contributed by atoms with Crippen molar-refractivity contribution in [2.24, 2.45) is 0 Å². The number of rotatable bonds is 3. The number of aliphatic hydroxyl groups is 1. The van der Waals surface area contributed by atoms with Crippen molar-refractivity contribution in [2.75, 3.05) is 0 Å². The Bertz CT molecular complexity index is 787. The van der Waals surface area contributed by atoms with Crippen LogP contribution in [0.2, 0.25) is 0 Å². The lowest BCUT2D eigenvalue weighted by molar-refractivity contribution is 0.283. The Balaban J connectivity index is 1.73. The number of fused-ring (bicyclic) bond motifs is 2. The van der Waals surface area contributed by atoms with Crippen LogP contribution in [0, 0.1) is 0 Å². The molecule has 3 heterocycles. The van der Waals surface area contributed by atoms with Gasteiger partial charge >= 0.3 is 0 Å². The van der Waals surface area contributed by atoms with Crippen molar-refractivity contribution in [1.29, 1.82) is 0 Å². The Hall–Kier alpha value is -2.14. The SMILES string of the molecule is OCc1cccc2c1ccn2Cc1nnc2n1CCCC2. The minimum Gasteiger partial charge on any atom is -0.392 e. The molecule has 21 heavy (non-hydrogen) atoms. The van der Waals surface area contributed by atoms with Crippen molar-refractivity contribution >= 4 is 10.9 Å². The molecule has 0 bridgehead atoms. The fourth-order valence-electron chi connectivity index (χ4n) is 3.20. The second-order valence-corrected chi connectivity index (χ2v) is 5.59. The topological polar surface area (TPSA) is 55.9 Å². The molecule has 0 spiro atoms. The van der Waals surface area contributed by atoms with Crippen LogP contribution in [0.4, 0.5) is 0 Å². The summed E-state index contributed by atoms with van der Waals surface area (Å²) < 4.78 is 4.44. The first-order valence-corrected chi connectivity index (χ1v) is 7.45. The second kappa shape index (κ2) is 5.00. The predicted octanol–water partition coefficient (Wildman–Crippen LogP) is 2.11. The molecule has 1 aliphatic rings. The number of aliphatic hydroxyl groups excluding tert-OH is 1. The van der Waals surface area contributed by atoms with Crippen molar-refractivity contribution in [3.63, 3.8) is 0 Å². The molecule has 0 amide bonds. The van der Waals surface area contributed by atoms with E-state index in [9.17, 15) is 5.11 Å². The van der Waals surface area contributed by atoms with Crippen LogP contribution in [0.5, 0.6) is 0 Å². The van der Waals surface area contributed by atoms with Gasteiger partial charge in [0.25, 0.3) is 0 Å². The molecule has 0 atom stereocenters. The van der Waals surface area contributed by atoms with Gasteiger partial charge in [0, 0.05) is 30.1 Å². The quantitative estimate of drug-likeness (QED) is 0.800. The number of hydrogen-bond donors (Lipinski definition) is 1. The van der Waals surface area contributed by atoms with E-state index in [0.717, 1.165) is 47.6 Å². The Morgan fingerprint density at radius 1 is 1.14 bits per heavy atom. The molecule has 0 saturated heterocycles. The Morgan fingerprint density at radius 3 is 3.00 bits per heavy atom. The number of hydrogen-bond acceptors (Lipinski definition) is 3. The number of benzene rings is 1. The standard InChI is InChI=1S/C16H18N4O/c21-11-12-4-3-5-14-13(12)7-9-19(14)10-16-18-17-15-6-1-2-8-20(15)16/h3-5,7,9,21H,1-2,6,8,10-11H2. The molecule has 0 radical (unpaired) electrons. The fraction of sp³-hybridized carbons (Fsp3) is 0.375. The average molecular weight is 282 g/mol. The third-order valence-corrected chi connectivity index (χ3v) is 4.32. The van der Waals surface area contributed by atoms with E-state index in [4.69, 9.17) is 0 Å². The van der Waals surface area contributed by atoms with Crippen LogP contribution in [0.15, 0.2) is 30.5 Å². The molecule has 3 aromatic rings. The predicted molar refractivity (Wildman–Crippen MR) is 79.9 cm³/mol. The van der Waals surface area contributed by atoms with Crippen molar-refractivity contribution in [1.82, 2.24) is 19.3 Å². The summed E-state index contributed by atoms with van der Waals surface area (Å²) in [4.78, 5) is 0. The van der Waals surface area contributed by atoms with Crippen LogP contribution in [-0.2, 0) is 26.1 Å². The third kappa shape index (κ3) is 2.05. The Kier molecular flexibility index (Phi) is 3.00. The molecule has 0 unspecified atom stereocenters. The van der Waals surface area contributed by atoms with Crippen LogP contribution in [-0.4, -0.2) is 24.4 Å². The number of aryl methyl sites for hydroxylation is 1. The van der Waals surface area contributed by atoms with Crippen molar-refractivity contribution < 1.29 is 5.11 Å². The van der Waals surface area contributed by atoms with E-state index >= 15 is 0 Å². The molecule has 2 aromatic heterocycles. The monoisotopic (exact) mass is 282 g/mol. The summed E-state index contributed by atoms with van der Waals surface area (Å²) in [5.74, 6) is 2.14. The van der Waals surface area contributed by atoms with Gasteiger partial charge in [-0.2, -0.15) is 0 Å². The largest absolute Gasteiger partial charge is 0.392 e. The highest BCUT2D eigenvalue weighted by atomic mass is 16.3. The van der Waals surface area contributed by atoms with Gasteiger partial charge in [0.1, 0.15) is 5.82 Å². The zero-order chi connectivity index (χ0) is 14.2. The first-order chi connectivity index (χ1) is 10.4. The van der Waals surface area contributed by atoms with Crippen LogP contribution in [0.1, 0.15) is 30.1 Å². The zero-order valence-electron chi connectivity index (χ0n) is 11.9. The molecule has 5 nitrogen and oxygen atoms in total. The van der Waals surface area contributed by atoms with Gasteiger partial charge < -0.3 is 14.2 Å². The Morgan fingerprint density at radius 2 is 2.10 bits per heavy atom. The minimum atomic E-state index is 0.0711. The molecule has 5 heteroatoms. The highest BCUT2D eigenvalue weighted by Gasteiger charge is 2.16. The third-order valence-electron chi connectivity index (χ3n) is 4.32. The average Bonchev–Trinajstić information content (AvgIpc) is 3.13. The van der Waals surface area contributed by atoms with E-state index in [1.807, 2.05) is 12.1 Å². The van der Waals surface area contributed by atoms with E-state index in [1.165, 1.54) is 12.8 Å². The summed E-state index contributed by atoms with van der Waals surface area (Å²) in [5.41, 5.74) is 2.10. The smallest absolute Gasteiger partial charge is 0.153 e. The number of nitrogens with zero attached hydrogens (tertiary/aromatic N) is 4. The summed E-state index contributed by atoms with van der Waals surface area (Å²) in [6.45, 7) is 1.83. The molecule has 1 aliphatic heterocycles. The zero-order valence-corrected chi connectivity index (χ0v) is 11.9. The van der Waals surface area contributed by atoms with Crippen molar-refractivity contribution in [2.45, 2.75) is 39.0 Å². The first-order valence-electron chi connectivity index (χ1n) is 7.45. The van der Waals surface area contributed by atoms with Crippen molar-refractivity contribution in [3.05, 3.63) is 47.7 Å². The van der Waals surface area contributed by atoms with Gasteiger partial charge in [-0.15, -0.1) is 10.2 Å². The van der Waals surface area contributed by atoms with Crippen molar-refractivity contribution in [3.8, 4) is 0 Å². The number of aromatic nitrogens is 4.